The molecular weight excluding hydrogens is 228 g/mol. The van der Waals surface area contributed by atoms with Gasteiger partial charge in [0.05, 0.1) is 5.71 Å². The minimum absolute atomic E-state index is 0.148. The first-order chi connectivity index (χ1) is 7.70. The minimum Gasteiger partial charge on any atom is -0.504 e. The molecule has 16 heavy (non-hydrogen) atoms. The number of thioether (sulfide) groups is 1. The number of rotatable bonds is 1. The van der Waals surface area contributed by atoms with E-state index >= 15 is 0 Å². The third-order valence-corrected chi connectivity index (χ3v) is 2.95. The van der Waals surface area contributed by atoms with E-state index in [-0.39, 0.29) is 11.5 Å². The van der Waals surface area contributed by atoms with Crippen molar-refractivity contribution in [1.29, 1.82) is 0 Å². The summed E-state index contributed by atoms with van der Waals surface area (Å²) in [5.74, 6) is 5.39. The fourth-order valence-electron chi connectivity index (χ4n) is 1.23. The van der Waals surface area contributed by atoms with Crippen LogP contribution in [0.2, 0.25) is 0 Å². The Morgan fingerprint density at radius 1 is 1.38 bits per heavy atom. The number of amidine groups is 1. The highest BCUT2D eigenvalue weighted by molar-refractivity contribution is 8.14. The van der Waals surface area contributed by atoms with Crippen LogP contribution in [0.3, 0.4) is 0 Å². The number of hydrogen-bond acceptors (Lipinski definition) is 6. The van der Waals surface area contributed by atoms with Crippen LogP contribution in [-0.2, 0) is 0 Å². The summed E-state index contributed by atoms with van der Waals surface area (Å²) in [6, 6.07) is 4.56. The Morgan fingerprint density at radius 2 is 2.19 bits per heavy atom. The summed E-state index contributed by atoms with van der Waals surface area (Å²) in [4.78, 5) is 0. The van der Waals surface area contributed by atoms with Gasteiger partial charge in [-0.05, 0) is 18.2 Å². The van der Waals surface area contributed by atoms with Gasteiger partial charge < -0.3 is 16.1 Å². The van der Waals surface area contributed by atoms with Crippen LogP contribution in [0.15, 0.2) is 28.4 Å². The quantitative estimate of drug-likeness (QED) is 0.321. The van der Waals surface area contributed by atoms with Crippen molar-refractivity contribution in [1.82, 2.24) is 5.43 Å². The van der Waals surface area contributed by atoms with Gasteiger partial charge in [-0.1, -0.05) is 11.8 Å². The van der Waals surface area contributed by atoms with Crippen molar-refractivity contribution in [3.05, 3.63) is 23.8 Å². The lowest BCUT2D eigenvalue weighted by atomic mass is 10.1. The second-order valence-electron chi connectivity index (χ2n) is 3.10. The Labute approximate surface area is 95.9 Å². The third kappa shape index (κ3) is 2.03. The monoisotopic (exact) mass is 238 g/mol. The van der Waals surface area contributed by atoms with Crippen molar-refractivity contribution < 1.29 is 10.2 Å². The first-order valence-electron chi connectivity index (χ1n) is 4.46. The van der Waals surface area contributed by atoms with Gasteiger partial charge in [-0.25, -0.2) is 0 Å². The van der Waals surface area contributed by atoms with E-state index in [0.717, 1.165) is 11.3 Å². The molecule has 0 aromatic heterocycles. The van der Waals surface area contributed by atoms with Gasteiger partial charge in [0.1, 0.15) is 0 Å². The van der Waals surface area contributed by atoms with E-state index in [4.69, 9.17) is 5.84 Å². The van der Waals surface area contributed by atoms with E-state index in [2.05, 4.69) is 15.6 Å². The Balaban J connectivity index is 2.26. The second kappa shape index (κ2) is 4.31. The molecular formula is C9H10N4O2S. The zero-order valence-corrected chi connectivity index (χ0v) is 9.03. The Bertz CT molecular complexity index is 473. The molecule has 1 aliphatic rings. The fraction of sp³-hybridized carbons (Fsp3) is 0.111. The maximum Gasteiger partial charge on any atom is 0.200 e. The van der Waals surface area contributed by atoms with Crippen LogP contribution in [0.1, 0.15) is 5.56 Å². The Hall–Kier alpha value is -1.89. The SMILES string of the molecule is N/N=C1/NN=C(c2ccc(O)c(O)c2)CS1. The summed E-state index contributed by atoms with van der Waals surface area (Å²) in [6.07, 6.45) is 0. The first-order valence-corrected chi connectivity index (χ1v) is 5.45. The number of hydrazone groups is 2. The number of aromatic hydroxyl groups is 2. The largest absolute Gasteiger partial charge is 0.504 e. The van der Waals surface area contributed by atoms with Crippen molar-refractivity contribution in [2.24, 2.45) is 16.0 Å². The summed E-state index contributed by atoms with van der Waals surface area (Å²) in [6.45, 7) is 0. The molecule has 1 aliphatic heterocycles. The van der Waals surface area contributed by atoms with Gasteiger partial charge in [0.15, 0.2) is 11.5 Å². The van der Waals surface area contributed by atoms with Crippen molar-refractivity contribution in [2.75, 3.05) is 5.75 Å². The third-order valence-electron chi connectivity index (χ3n) is 2.06. The molecule has 1 aromatic carbocycles. The molecule has 7 heteroatoms. The molecule has 0 fully saturated rings. The van der Waals surface area contributed by atoms with Gasteiger partial charge in [0.25, 0.3) is 0 Å². The lowest BCUT2D eigenvalue weighted by molar-refractivity contribution is 0.403. The molecule has 2 rings (SSSR count). The average Bonchev–Trinajstić information content (AvgIpc) is 2.33. The zero-order chi connectivity index (χ0) is 11.5. The van der Waals surface area contributed by atoms with E-state index in [1.165, 1.54) is 23.9 Å². The highest BCUT2D eigenvalue weighted by Crippen LogP contribution is 2.26. The molecule has 0 atom stereocenters. The summed E-state index contributed by atoms with van der Waals surface area (Å²) >= 11 is 1.42. The van der Waals surface area contributed by atoms with E-state index in [1.807, 2.05) is 0 Å². The van der Waals surface area contributed by atoms with Gasteiger partial charge in [0.2, 0.25) is 5.17 Å². The molecule has 5 N–H and O–H groups in total. The van der Waals surface area contributed by atoms with Crippen LogP contribution in [0.4, 0.5) is 0 Å². The topological polar surface area (TPSA) is 103 Å². The molecule has 0 amide bonds. The highest BCUT2D eigenvalue weighted by Gasteiger charge is 2.13. The number of hydrogen-bond donors (Lipinski definition) is 4. The van der Waals surface area contributed by atoms with Crippen molar-refractivity contribution in [3.63, 3.8) is 0 Å². The van der Waals surface area contributed by atoms with Gasteiger partial charge in [0, 0.05) is 11.3 Å². The van der Waals surface area contributed by atoms with Gasteiger partial charge in [-0.2, -0.15) is 10.2 Å². The Kier molecular flexibility index (Phi) is 2.86. The van der Waals surface area contributed by atoms with Crippen LogP contribution in [0.25, 0.3) is 0 Å². The van der Waals surface area contributed by atoms with Crippen LogP contribution < -0.4 is 11.3 Å². The molecule has 6 nitrogen and oxygen atoms in total. The van der Waals surface area contributed by atoms with Crippen LogP contribution >= 0.6 is 11.8 Å². The van der Waals surface area contributed by atoms with Crippen molar-refractivity contribution in [3.8, 4) is 11.5 Å². The molecule has 0 radical (unpaired) electrons. The molecule has 1 aromatic rings. The van der Waals surface area contributed by atoms with Crippen LogP contribution in [-0.4, -0.2) is 26.8 Å². The molecule has 1 heterocycles. The van der Waals surface area contributed by atoms with Crippen LogP contribution in [0, 0.1) is 0 Å². The number of phenolic OH excluding ortho intramolecular Hbond substituents is 2. The molecule has 0 unspecified atom stereocenters. The van der Waals surface area contributed by atoms with E-state index in [9.17, 15) is 10.2 Å². The molecule has 0 saturated carbocycles. The molecule has 0 bridgehead atoms. The smallest absolute Gasteiger partial charge is 0.200 e. The summed E-state index contributed by atoms with van der Waals surface area (Å²) < 4.78 is 0. The Morgan fingerprint density at radius 3 is 2.75 bits per heavy atom. The number of nitrogens with zero attached hydrogens (tertiary/aromatic N) is 2. The number of phenols is 2. The number of nitrogens with one attached hydrogen (secondary N) is 1. The number of benzene rings is 1. The summed E-state index contributed by atoms with van der Waals surface area (Å²) in [7, 11) is 0. The zero-order valence-electron chi connectivity index (χ0n) is 8.21. The maximum atomic E-state index is 9.35. The average molecular weight is 238 g/mol. The van der Waals surface area contributed by atoms with E-state index in [1.54, 1.807) is 6.07 Å². The lowest BCUT2D eigenvalue weighted by Gasteiger charge is -2.14. The predicted octanol–water partition coefficient (Wildman–Crippen LogP) is 0.368. The molecule has 0 saturated heterocycles. The predicted molar refractivity (Wildman–Crippen MR) is 63.5 cm³/mol. The molecule has 0 aliphatic carbocycles. The standard InChI is InChI=1S/C9H10N4O2S/c10-11-9-13-12-6(4-16-9)5-1-2-7(14)8(15)3-5/h1-3,14-15H,4,10H2,(H,11,13). The molecule has 84 valence electrons. The van der Waals surface area contributed by atoms with Gasteiger partial charge >= 0.3 is 0 Å². The van der Waals surface area contributed by atoms with Crippen LogP contribution in [0.5, 0.6) is 11.5 Å². The minimum atomic E-state index is -0.163. The lowest BCUT2D eigenvalue weighted by Crippen LogP contribution is -2.26. The summed E-state index contributed by atoms with van der Waals surface area (Å²) in [5, 5.41) is 26.6. The van der Waals surface area contributed by atoms with Crippen molar-refractivity contribution in [2.45, 2.75) is 0 Å². The number of nitrogens with two attached hydrogens (primary N) is 1. The first kappa shape index (κ1) is 10.6. The highest BCUT2D eigenvalue weighted by atomic mass is 32.2. The van der Waals surface area contributed by atoms with E-state index < -0.39 is 0 Å². The molecule has 0 spiro atoms. The van der Waals surface area contributed by atoms with Crippen molar-refractivity contribution >= 4 is 22.6 Å². The fourth-order valence-corrected chi connectivity index (χ4v) is 1.92. The normalized spacial score (nSPS) is 18.0. The van der Waals surface area contributed by atoms with Gasteiger partial charge in [-0.15, -0.1) is 0 Å². The van der Waals surface area contributed by atoms with E-state index in [0.29, 0.717) is 10.9 Å². The van der Waals surface area contributed by atoms with Gasteiger partial charge in [-0.3, -0.25) is 5.43 Å². The second-order valence-corrected chi connectivity index (χ2v) is 4.06. The summed E-state index contributed by atoms with van der Waals surface area (Å²) in [5.41, 5.74) is 4.18. The maximum absolute atomic E-state index is 9.35.